The molecule has 1 aliphatic heterocycles. The first-order chi connectivity index (χ1) is 12.5. The molecule has 2 aromatic rings. The molecule has 0 radical (unpaired) electrons. The molecule has 26 heavy (non-hydrogen) atoms. The molecule has 1 atom stereocenters. The van der Waals surface area contributed by atoms with Crippen LogP contribution in [0.25, 0.3) is 0 Å². The van der Waals surface area contributed by atoms with E-state index in [0.717, 1.165) is 23.1 Å². The van der Waals surface area contributed by atoms with Crippen molar-refractivity contribution in [1.29, 1.82) is 0 Å². The van der Waals surface area contributed by atoms with E-state index in [-0.39, 0.29) is 17.9 Å². The van der Waals surface area contributed by atoms with Crippen molar-refractivity contribution in [2.45, 2.75) is 26.3 Å². The Labute approximate surface area is 159 Å². The van der Waals surface area contributed by atoms with Crippen molar-refractivity contribution in [3.63, 3.8) is 0 Å². The number of nitrogens with zero attached hydrogens (tertiary/aromatic N) is 1. The van der Waals surface area contributed by atoms with E-state index in [1.807, 2.05) is 55.1 Å². The first-order valence-electron chi connectivity index (χ1n) is 8.77. The Balaban J connectivity index is 2.20. The topological polar surface area (TPSA) is 38.8 Å². The molecule has 0 saturated carbocycles. The number of fused-ring (bicyclic) bond motifs is 1. The van der Waals surface area contributed by atoms with Crippen LogP contribution in [0.2, 0.25) is 5.02 Å². The zero-order chi connectivity index (χ0) is 18.8. The van der Waals surface area contributed by atoms with E-state index in [9.17, 15) is 4.79 Å². The van der Waals surface area contributed by atoms with E-state index in [0.29, 0.717) is 23.1 Å². The van der Waals surface area contributed by atoms with Crippen molar-refractivity contribution in [1.82, 2.24) is 4.90 Å². The summed E-state index contributed by atoms with van der Waals surface area (Å²) in [6, 6.07) is 11.5. The smallest absolute Gasteiger partial charge is 0.225 e. The Morgan fingerprint density at radius 1 is 1.12 bits per heavy atom. The fraction of sp³-hybridized carbons (Fsp3) is 0.381. The number of amides is 1. The van der Waals surface area contributed by atoms with E-state index in [4.69, 9.17) is 21.1 Å². The first kappa shape index (κ1) is 18.6. The molecule has 0 saturated heterocycles. The molecule has 0 spiro atoms. The molecule has 0 N–H and O–H groups in total. The highest BCUT2D eigenvalue weighted by atomic mass is 35.5. The molecular weight excluding hydrogens is 350 g/mol. The van der Waals surface area contributed by atoms with Gasteiger partial charge in [-0.2, -0.15) is 0 Å². The highest BCUT2D eigenvalue weighted by Gasteiger charge is 2.35. The minimum absolute atomic E-state index is 0.0818. The van der Waals surface area contributed by atoms with Crippen molar-refractivity contribution < 1.29 is 14.3 Å². The van der Waals surface area contributed by atoms with E-state index in [1.165, 1.54) is 0 Å². The maximum absolute atomic E-state index is 12.9. The van der Waals surface area contributed by atoms with E-state index >= 15 is 0 Å². The SMILES string of the molecule is COc1cc2c(cc1OC)[C@H](c1ccccc1Cl)N(C(=O)C(C)C)CC2. The number of hydrogen-bond donors (Lipinski definition) is 0. The van der Waals surface area contributed by atoms with Gasteiger partial charge >= 0.3 is 0 Å². The van der Waals surface area contributed by atoms with Crippen LogP contribution in [0.15, 0.2) is 36.4 Å². The summed E-state index contributed by atoms with van der Waals surface area (Å²) in [5.74, 6) is 1.40. The van der Waals surface area contributed by atoms with Crippen LogP contribution in [0.3, 0.4) is 0 Å². The second kappa shape index (κ2) is 7.58. The Bertz CT molecular complexity index is 819. The van der Waals surface area contributed by atoms with Gasteiger partial charge in [-0.15, -0.1) is 0 Å². The zero-order valence-corrected chi connectivity index (χ0v) is 16.3. The van der Waals surface area contributed by atoms with Crippen LogP contribution in [-0.4, -0.2) is 31.6 Å². The van der Waals surface area contributed by atoms with Crippen molar-refractivity contribution in [3.05, 3.63) is 58.1 Å². The zero-order valence-electron chi connectivity index (χ0n) is 15.6. The summed E-state index contributed by atoms with van der Waals surface area (Å²) in [6.07, 6.45) is 0.773. The van der Waals surface area contributed by atoms with Crippen LogP contribution < -0.4 is 9.47 Å². The number of benzene rings is 2. The van der Waals surface area contributed by atoms with Crippen LogP contribution >= 0.6 is 11.6 Å². The van der Waals surface area contributed by atoms with Gasteiger partial charge in [0, 0.05) is 17.5 Å². The fourth-order valence-corrected chi connectivity index (χ4v) is 3.79. The molecule has 0 aliphatic carbocycles. The maximum Gasteiger partial charge on any atom is 0.225 e. The molecule has 4 nitrogen and oxygen atoms in total. The minimum atomic E-state index is -0.234. The number of hydrogen-bond acceptors (Lipinski definition) is 3. The van der Waals surface area contributed by atoms with Gasteiger partial charge in [0.15, 0.2) is 11.5 Å². The third kappa shape index (κ3) is 3.26. The Morgan fingerprint density at radius 3 is 2.38 bits per heavy atom. The third-order valence-electron chi connectivity index (χ3n) is 4.85. The van der Waals surface area contributed by atoms with Crippen molar-refractivity contribution >= 4 is 17.5 Å². The molecule has 3 rings (SSSR count). The average Bonchev–Trinajstić information content (AvgIpc) is 2.65. The summed E-state index contributed by atoms with van der Waals surface area (Å²) in [4.78, 5) is 14.8. The Kier molecular flexibility index (Phi) is 5.42. The van der Waals surface area contributed by atoms with Gasteiger partial charge < -0.3 is 14.4 Å². The number of methoxy groups -OCH3 is 2. The number of ether oxygens (including phenoxy) is 2. The molecule has 5 heteroatoms. The minimum Gasteiger partial charge on any atom is -0.493 e. The maximum atomic E-state index is 12.9. The van der Waals surface area contributed by atoms with Crippen LogP contribution in [0.4, 0.5) is 0 Å². The van der Waals surface area contributed by atoms with Gasteiger partial charge in [-0.1, -0.05) is 43.6 Å². The standard InChI is InChI=1S/C21H24ClNO3/c1-13(2)21(24)23-10-9-14-11-18(25-3)19(26-4)12-16(14)20(23)15-7-5-6-8-17(15)22/h5-8,11-13,20H,9-10H2,1-4H3/t20-/m0/s1. The van der Waals surface area contributed by atoms with E-state index in [1.54, 1.807) is 14.2 Å². The van der Waals surface area contributed by atoms with Gasteiger partial charge in [-0.25, -0.2) is 0 Å². The highest BCUT2D eigenvalue weighted by Crippen LogP contribution is 2.43. The molecule has 0 fully saturated rings. The van der Waals surface area contributed by atoms with E-state index in [2.05, 4.69) is 0 Å². The van der Waals surface area contributed by atoms with Crippen LogP contribution in [-0.2, 0) is 11.2 Å². The van der Waals surface area contributed by atoms with Gasteiger partial charge in [0.2, 0.25) is 5.91 Å². The molecule has 138 valence electrons. The van der Waals surface area contributed by atoms with Crippen LogP contribution in [0, 0.1) is 5.92 Å². The molecule has 1 amide bonds. The first-order valence-corrected chi connectivity index (χ1v) is 9.15. The summed E-state index contributed by atoms with van der Waals surface area (Å²) in [7, 11) is 3.25. The fourth-order valence-electron chi connectivity index (χ4n) is 3.55. The predicted octanol–water partition coefficient (Wildman–Crippen LogP) is 4.49. The molecule has 0 unspecified atom stereocenters. The lowest BCUT2D eigenvalue weighted by molar-refractivity contribution is -0.136. The Morgan fingerprint density at radius 2 is 1.77 bits per heavy atom. The van der Waals surface area contributed by atoms with Crippen LogP contribution in [0.1, 0.15) is 36.6 Å². The second-order valence-corrected chi connectivity index (χ2v) is 7.17. The molecule has 0 bridgehead atoms. The van der Waals surface area contributed by atoms with Gasteiger partial charge in [0.25, 0.3) is 0 Å². The quantitative estimate of drug-likeness (QED) is 0.792. The normalized spacial score (nSPS) is 16.4. The third-order valence-corrected chi connectivity index (χ3v) is 5.19. The van der Waals surface area contributed by atoms with Gasteiger partial charge in [0.05, 0.1) is 20.3 Å². The van der Waals surface area contributed by atoms with Crippen molar-refractivity contribution in [2.24, 2.45) is 5.92 Å². The lowest BCUT2D eigenvalue weighted by Crippen LogP contribution is -2.42. The number of rotatable bonds is 4. The summed E-state index contributed by atoms with van der Waals surface area (Å²) in [6.45, 7) is 4.50. The van der Waals surface area contributed by atoms with Crippen molar-refractivity contribution in [2.75, 3.05) is 20.8 Å². The lowest BCUT2D eigenvalue weighted by atomic mass is 9.87. The number of carbonyl (C=O) groups is 1. The molecule has 0 aromatic heterocycles. The highest BCUT2D eigenvalue weighted by molar-refractivity contribution is 6.31. The van der Waals surface area contributed by atoms with Gasteiger partial charge in [0.1, 0.15) is 0 Å². The molecular formula is C21H24ClNO3. The average molecular weight is 374 g/mol. The van der Waals surface area contributed by atoms with Gasteiger partial charge in [-0.05, 0) is 41.3 Å². The van der Waals surface area contributed by atoms with Crippen molar-refractivity contribution in [3.8, 4) is 11.5 Å². The Hall–Kier alpha value is -2.20. The summed E-state index contributed by atoms with van der Waals surface area (Å²) in [5, 5.41) is 0.654. The monoisotopic (exact) mass is 373 g/mol. The summed E-state index contributed by atoms with van der Waals surface area (Å²) in [5.41, 5.74) is 3.12. The van der Waals surface area contributed by atoms with E-state index < -0.39 is 0 Å². The lowest BCUT2D eigenvalue weighted by Gasteiger charge is -2.39. The summed E-state index contributed by atoms with van der Waals surface area (Å²) >= 11 is 6.51. The largest absolute Gasteiger partial charge is 0.493 e. The second-order valence-electron chi connectivity index (χ2n) is 6.77. The number of halogens is 1. The van der Waals surface area contributed by atoms with Gasteiger partial charge in [-0.3, -0.25) is 4.79 Å². The van der Waals surface area contributed by atoms with Crippen LogP contribution in [0.5, 0.6) is 11.5 Å². The predicted molar refractivity (Wildman–Crippen MR) is 103 cm³/mol. The molecule has 1 heterocycles. The number of carbonyl (C=O) groups excluding carboxylic acids is 1. The molecule has 2 aromatic carbocycles. The molecule has 1 aliphatic rings. The summed E-state index contributed by atoms with van der Waals surface area (Å²) < 4.78 is 10.9.